The maximum Gasteiger partial charge on any atom is 0.279 e. The van der Waals surface area contributed by atoms with Gasteiger partial charge >= 0.3 is 0 Å². The quantitative estimate of drug-likeness (QED) is 0.638. The van der Waals surface area contributed by atoms with Gasteiger partial charge in [-0.25, -0.2) is 8.42 Å². The Labute approximate surface area is 168 Å². The number of fused-ring (bicyclic) bond motifs is 1. The fourth-order valence-corrected chi connectivity index (χ4v) is 4.57. The largest absolute Gasteiger partial charge is 0.383 e. The van der Waals surface area contributed by atoms with Gasteiger partial charge in [0.05, 0.1) is 21.7 Å². The SMILES string of the molecule is COCCn1c(=NC(=O)c2ccc(S(C)(=O)=O)cc2)sc2cc(C)c(C)cc21. The van der Waals surface area contributed by atoms with Crippen LogP contribution in [0.4, 0.5) is 0 Å². The number of carbonyl (C=O) groups excluding carboxylic acids is 1. The summed E-state index contributed by atoms with van der Waals surface area (Å²) >= 11 is 1.45. The van der Waals surface area contributed by atoms with Crippen LogP contribution in [0.5, 0.6) is 0 Å². The molecule has 0 radical (unpaired) electrons. The smallest absolute Gasteiger partial charge is 0.279 e. The summed E-state index contributed by atoms with van der Waals surface area (Å²) in [4.78, 5) is 17.7. The first kappa shape index (κ1) is 20.4. The predicted molar refractivity (Wildman–Crippen MR) is 111 cm³/mol. The van der Waals surface area contributed by atoms with Crippen LogP contribution in [-0.2, 0) is 21.1 Å². The van der Waals surface area contributed by atoms with E-state index < -0.39 is 15.7 Å². The van der Waals surface area contributed by atoms with E-state index in [1.165, 1.54) is 46.7 Å². The minimum Gasteiger partial charge on any atom is -0.383 e. The molecule has 0 saturated heterocycles. The molecule has 0 atom stereocenters. The third kappa shape index (κ3) is 4.24. The number of hydrogen-bond acceptors (Lipinski definition) is 5. The Balaban J connectivity index is 2.08. The van der Waals surface area contributed by atoms with Crippen molar-refractivity contribution in [1.82, 2.24) is 4.57 Å². The number of hydrogen-bond donors (Lipinski definition) is 0. The highest BCUT2D eigenvalue weighted by Gasteiger charge is 2.12. The van der Waals surface area contributed by atoms with Crippen LogP contribution in [0.1, 0.15) is 21.5 Å². The number of aromatic nitrogens is 1. The summed E-state index contributed by atoms with van der Waals surface area (Å²) in [6.45, 7) is 5.19. The van der Waals surface area contributed by atoms with Crippen LogP contribution in [0.25, 0.3) is 10.2 Å². The number of aryl methyl sites for hydroxylation is 2. The van der Waals surface area contributed by atoms with E-state index in [1.807, 2.05) is 4.57 Å². The summed E-state index contributed by atoms with van der Waals surface area (Å²) in [5.41, 5.74) is 3.72. The highest BCUT2D eigenvalue weighted by Crippen LogP contribution is 2.22. The van der Waals surface area contributed by atoms with Gasteiger partial charge < -0.3 is 9.30 Å². The molecule has 28 heavy (non-hydrogen) atoms. The van der Waals surface area contributed by atoms with Crippen molar-refractivity contribution in [2.24, 2.45) is 4.99 Å². The summed E-state index contributed by atoms with van der Waals surface area (Å²) < 4.78 is 31.4. The van der Waals surface area contributed by atoms with Crippen LogP contribution in [0.3, 0.4) is 0 Å². The van der Waals surface area contributed by atoms with E-state index in [9.17, 15) is 13.2 Å². The topological polar surface area (TPSA) is 77.7 Å². The van der Waals surface area contributed by atoms with Gasteiger partial charge in [0.25, 0.3) is 5.91 Å². The molecule has 3 aromatic rings. The van der Waals surface area contributed by atoms with Crippen molar-refractivity contribution in [3.05, 3.63) is 57.9 Å². The Morgan fingerprint density at radius 2 is 1.79 bits per heavy atom. The Kier molecular flexibility index (Phi) is 5.83. The zero-order valence-corrected chi connectivity index (χ0v) is 17.9. The van der Waals surface area contributed by atoms with E-state index in [2.05, 4.69) is 31.0 Å². The van der Waals surface area contributed by atoms with Crippen LogP contribution in [0.2, 0.25) is 0 Å². The molecule has 3 rings (SSSR count). The molecule has 0 unspecified atom stereocenters. The van der Waals surface area contributed by atoms with Crippen molar-refractivity contribution in [3.63, 3.8) is 0 Å². The molecule has 0 aliphatic rings. The number of benzene rings is 2. The van der Waals surface area contributed by atoms with E-state index in [-0.39, 0.29) is 4.90 Å². The molecular formula is C20H22N2O4S2. The van der Waals surface area contributed by atoms with Crippen LogP contribution < -0.4 is 4.80 Å². The molecule has 148 valence electrons. The molecular weight excluding hydrogens is 396 g/mol. The summed E-state index contributed by atoms with van der Waals surface area (Å²) in [6, 6.07) is 10.0. The second-order valence-corrected chi connectivity index (χ2v) is 9.67. The van der Waals surface area contributed by atoms with Crippen molar-refractivity contribution in [3.8, 4) is 0 Å². The van der Waals surface area contributed by atoms with Crippen LogP contribution in [0.15, 0.2) is 46.3 Å². The van der Waals surface area contributed by atoms with Gasteiger partial charge in [-0.1, -0.05) is 11.3 Å². The van der Waals surface area contributed by atoms with Gasteiger partial charge in [0.1, 0.15) is 0 Å². The van der Waals surface area contributed by atoms with Crippen molar-refractivity contribution in [2.45, 2.75) is 25.3 Å². The lowest BCUT2D eigenvalue weighted by atomic mass is 10.1. The number of ether oxygens (including phenoxy) is 1. The highest BCUT2D eigenvalue weighted by molar-refractivity contribution is 7.90. The van der Waals surface area contributed by atoms with E-state index in [4.69, 9.17) is 4.74 Å². The molecule has 0 aliphatic carbocycles. The minimum absolute atomic E-state index is 0.173. The van der Waals surface area contributed by atoms with Crippen molar-refractivity contribution >= 4 is 37.3 Å². The van der Waals surface area contributed by atoms with Gasteiger partial charge in [0.2, 0.25) is 0 Å². The molecule has 2 aromatic carbocycles. The van der Waals surface area contributed by atoms with E-state index >= 15 is 0 Å². The molecule has 1 heterocycles. The minimum atomic E-state index is -3.30. The summed E-state index contributed by atoms with van der Waals surface area (Å²) in [5.74, 6) is -0.411. The molecule has 0 fully saturated rings. The van der Waals surface area contributed by atoms with Gasteiger partial charge in [-0.2, -0.15) is 4.99 Å². The Hall–Kier alpha value is -2.29. The molecule has 0 aliphatic heterocycles. The lowest BCUT2D eigenvalue weighted by Crippen LogP contribution is -2.19. The van der Waals surface area contributed by atoms with E-state index in [0.717, 1.165) is 16.5 Å². The Morgan fingerprint density at radius 3 is 2.39 bits per heavy atom. The van der Waals surface area contributed by atoms with Gasteiger partial charge in [-0.3, -0.25) is 4.79 Å². The maximum atomic E-state index is 12.7. The molecule has 8 heteroatoms. The van der Waals surface area contributed by atoms with Crippen LogP contribution >= 0.6 is 11.3 Å². The van der Waals surface area contributed by atoms with Gasteiger partial charge in [0, 0.05) is 25.5 Å². The lowest BCUT2D eigenvalue weighted by molar-refractivity contribution is 0.0997. The number of thiazole rings is 1. The normalized spacial score (nSPS) is 12.6. The summed E-state index contributed by atoms with van der Waals surface area (Å²) in [5, 5.41) is 0. The van der Waals surface area contributed by atoms with Crippen LogP contribution in [-0.4, -0.2) is 38.9 Å². The number of carbonyl (C=O) groups is 1. The Bertz CT molecular complexity index is 1200. The number of sulfone groups is 1. The zero-order chi connectivity index (χ0) is 20.5. The van der Waals surface area contributed by atoms with Crippen molar-refractivity contribution in [2.75, 3.05) is 20.0 Å². The van der Waals surface area contributed by atoms with Crippen molar-refractivity contribution < 1.29 is 17.9 Å². The second kappa shape index (κ2) is 7.98. The average molecular weight is 419 g/mol. The first-order valence-corrected chi connectivity index (χ1v) is 11.4. The molecule has 0 N–H and O–H groups in total. The second-order valence-electron chi connectivity index (χ2n) is 6.65. The zero-order valence-electron chi connectivity index (χ0n) is 16.2. The number of rotatable bonds is 5. The fourth-order valence-electron chi connectivity index (χ4n) is 2.80. The van der Waals surface area contributed by atoms with Gasteiger partial charge in [-0.15, -0.1) is 0 Å². The van der Waals surface area contributed by atoms with Gasteiger partial charge in [-0.05, 0) is 61.4 Å². The highest BCUT2D eigenvalue weighted by atomic mass is 32.2. The fraction of sp³-hybridized carbons (Fsp3) is 0.300. The summed E-state index contributed by atoms with van der Waals surface area (Å²) in [7, 11) is -1.67. The average Bonchev–Trinajstić information content (AvgIpc) is 2.95. The summed E-state index contributed by atoms with van der Waals surface area (Å²) in [6.07, 6.45) is 1.13. The van der Waals surface area contributed by atoms with E-state index in [1.54, 1.807) is 7.11 Å². The number of amides is 1. The van der Waals surface area contributed by atoms with Crippen LogP contribution in [0, 0.1) is 13.8 Å². The predicted octanol–water partition coefficient (Wildman–Crippen LogP) is 3.11. The standard InChI is InChI=1S/C20H22N2O4S2/c1-13-11-17-18(12-14(13)2)27-20(22(17)9-10-26-3)21-19(23)15-5-7-16(8-6-15)28(4,24)25/h5-8,11-12H,9-10H2,1-4H3. The molecule has 0 spiro atoms. The molecule has 1 amide bonds. The van der Waals surface area contributed by atoms with E-state index in [0.29, 0.717) is 23.5 Å². The monoisotopic (exact) mass is 418 g/mol. The lowest BCUT2D eigenvalue weighted by Gasteiger charge is -2.06. The number of methoxy groups -OCH3 is 1. The first-order valence-electron chi connectivity index (χ1n) is 8.69. The first-order chi connectivity index (χ1) is 13.2. The van der Waals surface area contributed by atoms with Gasteiger partial charge in [0.15, 0.2) is 14.6 Å². The third-order valence-corrected chi connectivity index (χ3v) is 6.71. The maximum absolute atomic E-state index is 12.7. The molecule has 0 saturated carbocycles. The van der Waals surface area contributed by atoms with Crippen molar-refractivity contribution in [1.29, 1.82) is 0 Å². The molecule has 0 bridgehead atoms. The Morgan fingerprint density at radius 1 is 1.14 bits per heavy atom. The number of nitrogens with zero attached hydrogens (tertiary/aromatic N) is 2. The third-order valence-electron chi connectivity index (χ3n) is 4.54. The molecule has 1 aromatic heterocycles. The molecule has 6 nitrogen and oxygen atoms in total.